The van der Waals surface area contributed by atoms with Gasteiger partial charge in [0.25, 0.3) is 0 Å². The van der Waals surface area contributed by atoms with E-state index in [1.807, 2.05) is 36.4 Å². The third-order valence-electron chi connectivity index (χ3n) is 10.8. The molecule has 57 heavy (non-hydrogen) atoms. The number of nitriles is 1. The molecule has 4 heteroatoms. The predicted octanol–water partition coefficient (Wildman–Crippen LogP) is 13.5. The third-order valence-corrected chi connectivity index (χ3v) is 10.8. The maximum atomic E-state index is 10.1. The number of nitrogens with zero attached hydrogens (tertiary/aromatic N) is 4. The normalized spacial score (nSPS) is 12.4. The topological polar surface area (TPSA) is 54.5 Å². The molecule has 268 valence electrons. The minimum absolute atomic E-state index is 0.630. The minimum atomic E-state index is 0.630. The molecular weight excluding hydrogens is 693 g/mol. The molecule has 0 saturated carbocycles. The van der Waals surface area contributed by atoms with Crippen molar-refractivity contribution >= 4 is 27.4 Å². The number of aromatic nitrogens is 3. The van der Waals surface area contributed by atoms with Crippen molar-refractivity contribution in [1.82, 2.24) is 14.5 Å². The smallest absolute Gasteiger partial charge is 0.160 e. The Hall–Kier alpha value is -7.61. The van der Waals surface area contributed by atoms with E-state index in [-0.39, 0.29) is 0 Å². The molecule has 1 aliphatic rings. The Morgan fingerprint density at radius 2 is 1.04 bits per heavy atom. The summed E-state index contributed by atoms with van der Waals surface area (Å²) in [6.45, 7) is 0. The Labute approximate surface area is 332 Å². The van der Waals surface area contributed by atoms with E-state index in [0.29, 0.717) is 11.4 Å². The van der Waals surface area contributed by atoms with E-state index in [2.05, 4.69) is 168 Å². The van der Waals surface area contributed by atoms with Crippen LogP contribution in [0, 0.1) is 11.3 Å². The van der Waals surface area contributed by atoms with Gasteiger partial charge in [-0.2, -0.15) is 5.26 Å². The molecule has 0 amide bonds. The van der Waals surface area contributed by atoms with E-state index >= 15 is 0 Å². The molecule has 9 aromatic rings. The molecule has 0 atom stereocenters. The van der Waals surface area contributed by atoms with Gasteiger partial charge in [0.1, 0.15) is 0 Å². The number of hydrogen-bond donors (Lipinski definition) is 0. The van der Waals surface area contributed by atoms with E-state index in [0.717, 1.165) is 102 Å². The molecule has 1 aliphatic carbocycles. The zero-order chi connectivity index (χ0) is 38.1. The van der Waals surface area contributed by atoms with Gasteiger partial charge in [0, 0.05) is 33.0 Å². The van der Waals surface area contributed by atoms with Gasteiger partial charge in [-0.3, -0.25) is 0 Å². The average molecular weight is 729 g/mol. The molecule has 0 spiro atoms. The highest BCUT2D eigenvalue weighted by atomic mass is 15.0. The second-order valence-electron chi connectivity index (χ2n) is 14.4. The summed E-state index contributed by atoms with van der Waals surface area (Å²) in [4.78, 5) is 10.4. The van der Waals surface area contributed by atoms with E-state index < -0.39 is 0 Å². The highest BCUT2D eigenvalue weighted by Gasteiger charge is 2.23. The van der Waals surface area contributed by atoms with Crippen LogP contribution in [0.15, 0.2) is 194 Å². The highest BCUT2D eigenvalue weighted by molar-refractivity contribution is 6.12. The van der Waals surface area contributed by atoms with Crippen LogP contribution in [0.5, 0.6) is 0 Å². The summed E-state index contributed by atoms with van der Waals surface area (Å²) in [5.74, 6) is 0.694. The fourth-order valence-corrected chi connectivity index (χ4v) is 8.11. The molecule has 0 bridgehead atoms. The monoisotopic (exact) mass is 728 g/mol. The lowest BCUT2D eigenvalue weighted by atomic mass is 9.91. The van der Waals surface area contributed by atoms with Gasteiger partial charge in [0.05, 0.1) is 39.7 Å². The van der Waals surface area contributed by atoms with Crippen molar-refractivity contribution in [2.75, 3.05) is 0 Å². The van der Waals surface area contributed by atoms with Crippen LogP contribution < -0.4 is 0 Å². The lowest BCUT2D eigenvalue weighted by molar-refractivity contribution is 1.03. The molecular formula is C53H36N4. The summed E-state index contributed by atoms with van der Waals surface area (Å²) >= 11 is 0. The van der Waals surface area contributed by atoms with E-state index in [1.54, 1.807) is 0 Å². The fourth-order valence-electron chi connectivity index (χ4n) is 8.11. The summed E-state index contributed by atoms with van der Waals surface area (Å²) in [7, 11) is 0. The highest BCUT2D eigenvalue weighted by Crippen LogP contribution is 2.45. The first-order valence-corrected chi connectivity index (χ1v) is 19.4. The molecule has 0 radical (unpaired) electrons. The van der Waals surface area contributed by atoms with Crippen LogP contribution in [0.3, 0.4) is 0 Å². The van der Waals surface area contributed by atoms with E-state index in [1.165, 1.54) is 0 Å². The van der Waals surface area contributed by atoms with Gasteiger partial charge in [0.15, 0.2) is 5.82 Å². The summed E-state index contributed by atoms with van der Waals surface area (Å²) < 4.78 is 2.40. The first-order chi connectivity index (χ1) is 28.2. The minimum Gasteiger partial charge on any atom is -0.308 e. The van der Waals surface area contributed by atoms with Crippen molar-refractivity contribution < 1.29 is 0 Å². The number of hydrogen-bond acceptors (Lipinski definition) is 3. The summed E-state index contributed by atoms with van der Waals surface area (Å²) in [6.07, 6.45) is 8.70. The maximum Gasteiger partial charge on any atom is 0.160 e. The molecule has 0 N–H and O–H groups in total. The number of benzene rings is 7. The van der Waals surface area contributed by atoms with Crippen molar-refractivity contribution in [2.45, 2.75) is 12.8 Å². The van der Waals surface area contributed by atoms with Gasteiger partial charge in [0.2, 0.25) is 0 Å². The number of fused-ring (bicyclic) bond motifs is 3. The quantitative estimate of drug-likeness (QED) is 0.164. The lowest BCUT2D eigenvalue weighted by Gasteiger charge is -2.21. The molecule has 7 aromatic carbocycles. The standard InChI is InChI=1S/C53H36N4/c54-35-36-26-28-50-46(30-36)47-31-42(37-16-6-1-7-17-37)27-29-51(47)57(50)52-44(38-18-8-2-9-19-38)32-43(33-45(52)39-20-10-3-11-21-39)49-34-48(40-22-12-4-13-23-40)55-53(56-49)41-24-14-5-15-25-41/h1-3,5-12,14-34H,4,13H2. The summed E-state index contributed by atoms with van der Waals surface area (Å²) in [6, 6.07) is 63.9. The van der Waals surface area contributed by atoms with Gasteiger partial charge in [-0.25, -0.2) is 9.97 Å². The maximum absolute atomic E-state index is 10.1. The molecule has 0 fully saturated rings. The third kappa shape index (κ3) is 6.32. The van der Waals surface area contributed by atoms with Crippen molar-refractivity contribution in [3.63, 3.8) is 0 Å². The number of rotatable bonds is 7. The second-order valence-corrected chi connectivity index (χ2v) is 14.4. The molecule has 0 aliphatic heterocycles. The molecule has 0 unspecified atom stereocenters. The summed E-state index contributed by atoms with van der Waals surface area (Å²) in [5.41, 5.74) is 15.2. The zero-order valence-electron chi connectivity index (χ0n) is 31.2. The Morgan fingerprint density at radius 1 is 0.474 bits per heavy atom. The van der Waals surface area contributed by atoms with Crippen LogP contribution in [-0.2, 0) is 0 Å². The van der Waals surface area contributed by atoms with Crippen molar-refractivity contribution in [3.8, 4) is 67.8 Å². The van der Waals surface area contributed by atoms with Crippen LogP contribution in [0.4, 0.5) is 0 Å². The molecule has 0 saturated heterocycles. The van der Waals surface area contributed by atoms with Crippen LogP contribution in [0.25, 0.3) is 89.1 Å². The van der Waals surface area contributed by atoms with Gasteiger partial charge in [-0.15, -0.1) is 0 Å². The predicted molar refractivity (Wildman–Crippen MR) is 235 cm³/mol. The Morgan fingerprint density at radius 3 is 1.63 bits per heavy atom. The van der Waals surface area contributed by atoms with Crippen molar-refractivity contribution in [1.29, 1.82) is 5.26 Å². The van der Waals surface area contributed by atoms with E-state index in [9.17, 15) is 5.26 Å². The molecule has 2 aromatic heterocycles. The summed E-state index contributed by atoms with van der Waals surface area (Å²) in [5, 5.41) is 12.2. The molecule has 2 heterocycles. The van der Waals surface area contributed by atoms with Gasteiger partial charge in [-0.05, 0) is 89.2 Å². The molecule has 4 nitrogen and oxygen atoms in total. The SMILES string of the molecule is N#Cc1ccc2c(c1)c1cc(-c3ccccc3)ccc1n2-c1c(-c2ccccc2)cc(-c2cc(C3=CCCC=C3)nc(-c3ccccc3)n2)cc1-c1ccccc1. The van der Waals surface area contributed by atoms with Crippen LogP contribution in [0.1, 0.15) is 24.1 Å². The molecule has 10 rings (SSSR count). The largest absolute Gasteiger partial charge is 0.308 e. The van der Waals surface area contributed by atoms with Gasteiger partial charge in [-0.1, -0.05) is 146 Å². The first-order valence-electron chi connectivity index (χ1n) is 19.4. The first kappa shape index (κ1) is 33.9. The Kier molecular flexibility index (Phi) is 8.67. The van der Waals surface area contributed by atoms with E-state index in [4.69, 9.17) is 9.97 Å². The average Bonchev–Trinajstić information content (AvgIpc) is 3.62. The van der Waals surface area contributed by atoms with Crippen LogP contribution in [0.2, 0.25) is 0 Å². The van der Waals surface area contributed by atoms with Crippen LogP contribution in [-0.4, -0.2) is 14.5 Å². The fraction of sp³-hybridized carbons (Fsp3) is 0.0377. The second kappa shape index (κ2) is 14.6. The Bertz CT molecular complexity index is 2980. The zero-order valence-corrected chi connectivity index (χ0v) is 31.2. The van der Waals surface area contributed by atoms with Crippen molar-refractivity contribution in [3.05, 3.63) is 205 Å². The number of allylic oxidation sites excluding steroid dienone is 4. The van der Waals surface area contributed by atoms with Crippen LogP contribution >= 0.6 is 0 Å². The van der Waals surface area contributed by atoms with Gasteiger partial charge < -0.3 is 4.57 Å². The Balaban J connectivity index is 1.30. The lowest BCUT2D eigenvalue weighted by Crippen LogP contribution is -2.03. The van der Waals surface area contributed by atoms with Crippen molar-refractivity contribution in [2.24, 2.45) is 0 Å². The van der Waals surface area contributed by atoms with Gasteiger partial charge >= 0.3 is 0 Å².